The van der Waals surface area contributed by atoms with Crippen LogP contribution in [0, 0.1) is 0 Å². The second-order valence-corrected chi connectivity index (χ2v) is 10.2. The lowest BCUT2D eigenvalue weighted by molar-refractivity contribution is 0.0942. The Bertz CT molecular complexity index is 1270. The van der Waals surface area contributed by atoms with Crippen LogP contribution >= 0.6 is 24.0 Å². The Labute approximate surface area is 221 Å². The number of aromatic hydroxyl groups is 1. The number of benzene rings is 3. The lowest BCUT2D eigenvalue weighted by Crippen LogP contribution is -2.26. The van der Waals surface area contributed by atoms with Crippen LogP contribution in [0.3, 0.4) is 0 Å². The molecule has 1 atom stereocenters. The van der Waals surface area contributed by atoms with E-state index >= 15 is 0 Å². The molecule has 0 aliphatic heterocycles. The number of carbonyl (C=O) groups is 1. The van der Waals surface area contributed by atoms with Gasteiger partial charge in [-0.25, -0.2) is 8.42 Å². The SMILES string of the molecule is Cl.O=C(NCCO)c1cc(S(=O)(=O)c2ccc(CCNC[C@@H](O)c3cccc(Cl)c3)cc2)ccc1O. The van der Waals surface area contributed by atoms with E-state index in [0.29, 0.717) is 24.5 Å². The van der Waals surface area contributed by atoms with Crippen molar-refractivity contribution in [3.63, 3.8) is 0 Å². The molecular weight excluding hydrogens is 527 g/mol. The standard InChI is InChI=1S/C25H27ClN2O6S.ClH/c26-19-3-1-2-18(14-19)24(31)16-27-11-10-17-4-6-20(7-5-17)35(33,34)21-8-9-23(30)22(15-21)25(32)28-12-13-29;/h1-9,14-15,24,27,29-31H,10-13,16H2,(H,28,32);1H/t24-;/m1./s1. The quantitative estimate of drug-likeness (QED) is 0.230. The predicted molar refractivity (Wildman–Crippen MR) is 140 cm³/mol. The van der Waals surface area contributed by atoms with Crippen LogP contribution < -0.4 is 10.6 Å². The smallest absolute Gasteiger partial charge is 0.255 e. The molecule has 0 saturated carbocycles. The van der Waals surface area contributed by atoms with Gasteiger partial charge in [-0.05, 0) is 66.6 Å². The highest BCUT2D eigenvalue weighted by atomic mass is 35.5. The fourth-order valence-electron chi connectivity index (χ4n) is 3.40. The molecule has 11 heteroatoms. The van der Waals surface area contributed by atoms with E-state index in [1.54, 1.807) is 36.4 Å². The van der Waals surface area contributed by atoms with Gasteiger partial charge < -0.3 is 26.0 Å². The number of phenols is 1. The molecule has 0 spiro atoms. The molecular formula is C25H28Cl2N2O6S. The zero-order chi connectivity index (χ0) is 25.4. The molecule has 0 aliphatic rings. The molecule has 0 aromatic heterocycles. The van der Waals surface area contributed by atoms with Crippen LogP contribution in [-0.4, -0.2) is 55.9 Å². The molecule has 194 valence electrons. The molecule has 0 fully saturated rings. The van der Waals surface area contributed by atoms with Crippen LogP contribution in [0.15, 0.2) is 76.5 Å². The Balaban J connectivity index is 0.00000456. The van der Waals surface area contributed by atoms with Crippen LogP contribution in [0.2, 0.25) is 5.02 Å². The second-order valence-electron chi connectivity index (χ2n) is 7.83. The van der Waals surface area contributed by atoms with E-state index < -0.39 is 21.8 Å². The van der Waals surface area contributed by atoms with Gasteiger partial charge in [0.05, 0.1) is 28.1 Å². The topological polar surface area (TPSA) is 136 Å². The van der Waals surface area contributed by atoms with Crippen LogP contribution in [0.4, 0.5) is 0 Å². The van der Waals surface area contributed by atoms with Gasteiger partial charge in [0.1, 0.15) is 5.75 Å². The minimum Gasteiger partial charge on any atom is -0.507 e. The highest BCUT2D eigenvalue weighted by Crippen LogP contribution is 2.26. The first-order valence-corrected chi connectivity index (χ1v) is 12.8. The van der Waals surface area contributed by atoms with E-state index in [0.717, 1.165) is 23.3 Å². The third kappa shape index (κ3) is 7.67. The largest absolute Gasteiger partial charge is 0.507 e. The van der Waals surface area contributed by atoms with E-state index in [1.807, 2.05) is 0 Å². The third-order valence-electron chi connectivity index (χ3n) is 5.32. The van der Waals surface area contributed by atoms with Gasteiger partial charge in [0, 0.05) is 18.1 Å². The molecule has 5 N–H and O–H groups in total. The summed E-state index contributed by atoms with van der Waals surface area (Å²) in [6.45, 7) is 0.621. The molecule has 0 aliphatic carbocycles. The summed E-state index contributed by atoms with van der Waals surface area (Å²) < 4.78 is 26.1. The first-order valence-electron chi connectivity index (χ1n) is 10.9. The fraction of sp³-hybridized carbons (Fsp3) is 0.240. The zero-order valence-electron chi connectivity index (χ0n) is 19.2. The van der Waals surface area contributed by atoms with Crippen molar-refractivity contribution in [2.75, 3.05) is 26.2 Å². The molecule has 3 rings (SSSR count). The van der Waals surface area contributed by atoms with Gasteiger partial charge in [-0.2, -0.15) is 0 Å². The number of sulfone groups is 1. The van der Waals surface area contributed by atoms with Crippen LogP contribution in [-0.2, 0) is 16.3 Å². The van der Waals surface area contributed by atoms with Crippen molar-refractivity contribution >= 4 is 39.8 Å². The maximum absolute atomic E-state index is 13.0. The molecule has 3 aromatic rings. The average molecular weight is 555 g/mol. The number of nitrogens with one attached hydrogen (secondary N) is 2. The van der Waals surface area contributed by atoms with Crippen molar-refractivity contribution in [2.45, 2.75) is 22.3 Å². The molecule has 0 saturated heterocycles. The van der Waals surface area contributed by atoms with Gasteiger partial charge in [0.15, 0.2) is 0 Å². The molecule has 0 heterocycles. The Kier molecular flexibility index (Phi) is 11.2. The third-order valence-corrected chi connectivity index (χ3v) is 7.32. The Morgan fingerprint density at radius 1 is 0.972 bits per heavy atom. The number of aliphatic hydroxyl groups excluding tert-OH is 2. The van der Waals surface area contributed by atoms with Crippen LogP contribution in [0.25, 0.3) is 0 Å². The van der Waals surface area contributed by atoms with E-state index in [4.69, 9.17) is 16.7 Å². The second kappa shape index (κ2) is 13.6. The minimum absolute atomic E-state index is 0. The van der Waals surface area contributed by atoms with Crippen molar-refractivity contribution in [3.05, 3.63) is 88.4 Å². The fourth-order valence-corrected chi connectivity index (χ4v) is 4.89. The molecule has 3 aromatic carbocycles. The number of halogens is 2. The van der Waals surface area contributed by atoms with Crippen LogP contribution in [0.1, 0.15) is 27.6 Å². The van der Waals surface area contributed by atoms with Gasteiger partial charge in [0.25, 0.3) is 5.91 Å². The summed E-state index contributed by atoms with van der Waals surface area (Å²) in [5.74, 6) is -1.04. The summed E-state index contributed by atoms with van der Waals surface area (Å²) in [6.07, 6.45) is -0.0705. The summed E-state index contributed by atoms with van der Waals surface area (Å²) >= 11 is 5.95. The van der Waals surface area contributed by atoms with Crippen molar-refractivity contribution in [3.8, 4) is 5.75 Å². The molecule has 1 amide bonds. The number of hydrogen-bond acceptors (Lipinski definition) is 7. The first kappa shape index (κ1) is 29.6. The molecule has 8 nitrogen and oxygen atoms in total. The number of aliphatic hydroxyl groups is 2. The number of rotatable bonds is 11. The first-order chi connectivity index (χ1) is 16.7. The number of amides is 1. The summed E-state index contributed by atoms with van der Waals surface area (Å²) in [6, 6.07) is 16.9. The highest BCUT2D eigenvalue weighted by molar-refractivity contribution is 7.91. The van der Waals surface area contributed by atoms with Gasteiger partial charge in [-0.1, -0.05) is 35.9 Å². The van der Waals surface area contributed by atoms with Gasteiger partial charge in [-0.15, -0.1) is 12.4 Å². The summed E-state index contributed by atoms with van der Waals surface area (Å²) in [5, 5.41) is 35.2. The summed E-state index contributed by atoms with van der Waals surface area (Å²) in [5.41, 5.74) is 1.44. The molecule has 0 unspecified atom stereocenters. The van der Waals surface area contributed by atoms with Crippen molar-refractivity contribution in [2.24, 2.45) is 0 Å². The van der Waals surface area contributed by atoms with E-state index in [-0.39, 0.29) is 46.7 Å². The van der Waals surface area contributed by atoms with Crippen molar-refractivity contribution in [1.29, 1.82) is 0 Å². The van der Waals surface area contributed by atoms with E-state index in [1.165, 1.54) is 18.2 Å². The minimum atomic E-state index is -3.92. The number of carbonyl (C=O) groups excluding carboxylic acids is 1. The average Bonchev–Trinajstić information content (AvgIpc) is 2.85. The normalized spacial score (nSPS) is 12.0. The number of hydrogen-bond donors (Lipinski definition) is 5. The van der Waals surface area contributed by atoms with E-state index in [2.05, 4.69) is 10.6 Å². The Morgan fingerprint density at radius 2 is 1.67 bits per heavy atom. The van der Waals surface area contributed by atoms with Gasteiger partial charge in [-0.3, -0.25) is 4.79 Å². The van der Waals surface area contributed by atoms with Crippen molar-refractivity contribution < 1.29 is 28.5 Å². The maximum Gasteiger partial charge on any atom is 0.255 e. The van der Waals surface area contributed by atoms with Crippen LogP contribution in [0.5, 0.6) is 5.75 Å². The Hall–Kier alpha value is -2.66. The highest BCUT2D eigenvalue weighted by Gasteiger charge is 2.21. The van der Waals surface area contributed by atoms with Crippen molar-refractivity contribution in [1.82, 2.24) is 10.6 Å². The van der Waals surface area contributed by atoms with Gasteiger partial charge >= 0.3 is 0 Å². The lowest BCUT2D eigenvalue weighted by atomic mass is 10.1. The molecule has 0 bridgehead atoms. The predicted octanol–water partition coefficient (Wildman–Crippen LogP) is 2.89. The zero-order valence-corrected chi connectivity index (χ0v) is 21.6. The number of phenolic OH excluding ortho intramolecular Hbond substituents is 1. The monoisotopic (exact) mass is 554 g/mol. The maximum atomic E-state index is 13.0. The van der Waals surface area contributed by atoms with E-state index in [9.17, 15) is 23.4 Å². The Morgan fingerprint density at radius 3 is 2.33 bits per heavy atom. The summed E-state index contributed by atoms with van der Waals surface area (Å²) in [4.78, 5) is 12.1. The molecule has 36 heavy (non-hydrogen) atoms. The summed E-state index contributed by atoms with van der Waals surface area (Å²) in [7, 11) is -3.92. The molecule has 0 radical (unpaired) electrons. The lowest BCUT2D eigenvalue weighted by Gasteiger charge is -2.13. The van der Waals surface area contributed by atoms with Gasteiger partial charge in [0.2, 0.25) is 9.84 Å².